The summed E-state index contributed by atoms with van der Waals surface area (Å²) >= 11 is 0. The molecule has 0 aliphatic carbocycles. The van der Waals surface area contributed by atoms with Crippen LogP contribution in [0.25, 0.3) is 0 Å². The lowest BCUT2D eigenvalue weighted by Gasteiger charge is -2.11. The monoisotopic (exact) mass is 392 g/mol. The summed E-state index contributed by atoms with van der Waals surface area (Å²) in [4.78, 5) is 8.60. The zero-order valence-electron chi connectivity index (χ0n) is 17.2. The van der Waals surface area contributed by atoms with Gasteiger partial charge in [0.1, 0.15) is 5.76 Å². The minimum Gasteiger partial charge on any atom is -0.444 e. The molecule has 3 aromatic rings. The van der Waals surface area contributed by atoms with Crippen LogP contribution in [-0.4, -0.2) is 18.0 Å². The smallest absolute Gasteiger partial charge is 0.214 e. The zero-order chi connectivity index (χ0) is 20.5. The van der Waals surface area contributed by atoms with E-state index in [-0.39, 0.29) is 0 Å². The number of oxazole rings is 1. The molecule has 6 nitrogen and oxygen atoms in total. The number of aryl methyl sites for hydroxylation is 2. The summed E-state index contributed by atoms with van der Waals surface area (Å²) in [5.41, 5.74) is 4.42. The highest BCUT2D eigenvalue weighted by molar-refractivity contribution is 5.79. The molecule has 3 rings (SSSR count). The molecule has 2 N–H and O–H groups in total. The van der Waals surface area contributed by atoms with Crippen molar-refractivity contribution in [2.24, 2.45) is 4.99 Å². The molecular weight excluding hydrogens is 364 g/mol. The summed E-state index contributed by atoms with van der Waals surface area (Å²) in [6, 6.07) is 18.6. The van der Waals surface area contributed by atoms with E-state index in [1.807, 2.05) is 32.0 Å². The molecule has 1 heterocycles. The van der Waals surface area contributed by atoms with Gasteiger partial charge in [-0.1, -0.05) is 54.6 Å². The molecule has 0 aliphatic rings. The van der Waals surface area contributed by atoms with Crippen molar-refractivity contribution in [1.29, 1.82) is 0 Å². The van der Waals surface area contributed by atoms with Crippen LogP contribution < -0.4 is 10.6 Å². The van der Waals surface area contributed by atoms with Crippen LogP contribution >= 0.6 is 0 Å². The Kier molecular flexibility index (Phi) is 7.41. The molecule has 0 radical (unpaired) electrons. The van der Waals surface area contributed by atoms with Gasteiger partial charge in [0, 0.05) is 13.6 Å². The molecular formula is C23H28N4O2. The number of aliphatic imine (C=N–C) groups is 1. The summed E-state index contributed by atoms with van der Waals surface area (Å²) in [6.45, 7) is 6.23. The van der Waals surface area contributed by atoms with Crippen LogP contribution in [0.4, 0.5) is 0 Å². The molecule has 0 bridgehead atoms. The van der Waals surface area contributed by atoms with E-state index >= 15 is 0 Å². The van der Waals surface area contributed by atoms with Crippen molar-refractivity contribution in [1.82, 2.24) is 15.6 Å². The van der Waals surface area contributed by atoms with Gasteiger partial charge in [-0.25, -0.2) is 4.98 Å². The third-order valence-corrected chi connectivity index (χ3v) is 4.57. The number of guanidine groups is 1. The van der Waals surface area contributed by atoms with E-state index in [0.717, 1.165) is 17.0 Å². The summed E-state index contributed by atoms with van der Waals surface area (Å²) in [5.74, 6) is 2.20. The fourth-order valence-electron chi connectivity index (χ4n) is 2.79. The first kappa shape index (κ1) is 20.6. The van der Waals surface area contributed by atoms with Crippen molar-refractivity contribution >= 4 is 5.96 Å². The third kappa shape index (κ3) is 6.47. The standard InChI is InChI=1S/C23H28N4O2/c1-17-18(2)29-22(27-17)14-26-23(24-3)25-13-19-9-11-21(12-10-19)16-28-15-20-7-5-4-6-8-20/h4-12H,13-16H2,1-3H3,(H2,24,25,26). The minimum absolute atomic E-state index is 0.492. The lowest BCUT2D eigenvalue weighted by Crippen LogP contribution is -2.36. The van der Waals surface area contributed by atoms with Gasteiger partial charge < -0.3 is 19.8 Å². The molecule has 152 valence electrons. The highest BCUT2D eigenvalue weighted by atomic mass is 16.5. The van der Waals surface area contributed by atoms with Gasteiger partial charge in [0.05, 0.1) is 25.5 Å². The Morgan fingerprint density at radius 1 is 0.897 bits per heavy atom. The van der Waals surface area contributed by atoms with Crippen LogP contribution in [-0.2, 0) is 31.0 Å². The molecule has 29 heavy (non-hydrogen) atoms. The van der Waals surface area contributed by atoms with Crippen LogP contribution in [0.5, 0.6) is 0 Å². The van der Waals surface area contributed by atoms with E-state index in [0.29, 0.717) is 38.2 Å². The summed E-state index contributed by atoms with van der Waals surface area (Å²) in [5, 5.41) is 6.51. The Hall–Kier alpha value is -3.12. The predicted molar refractivity (Wildman–Crippen MR) is 114 cm³/mol. The van der Waals surface area contributed by atoms with Crippen LogP contribution in [0.1, 0.15) is 34.0 Å². The van der Waals surface area contributed by atoms with Crippen LogP contribution in [0, 0.1) is 13.8 Å². The van der Waals surface area contributed by atoms with Crippen molar-refractivity contribution < 1.29 is 9.15 Å². The van der Waals surface area contributed by atoms with Gasteiger partial charge in [-0.05, 0) is 30.5 Å². The first-order valence-electron chi connectivity index (χ1n) is 9.71. The van der Waals surface area contributed by atoms with Crippen LogP contribution in [0.15, 0.2) is 64.0 Å². The highest BCUT2D eigenvalue weighted by Gasteiger charge is 2.06. The minimum atomic E-state index is 0.492. The molecule has 2 aromatic carbocycles. The number of hydrogen-bond donors (Lipinski definition) is 2. The van der Waals surface area contributed by atoms with E-state index in [1.54, 1.807) is 7.05 Å². The quantitative estimate of drug-likeness (QED) is 0.450. The molecule has 0 fully saturated rings. The van der Waals surface area contributed by atoms with Gasteiger partial charge >= 0.3 is 0 Å². The molecule has 6 heteroatoms. The van der Waals surface area contributed by atoms with Gasteiger partial charge in [-0.15, -0.1) is 0 Å². The number of aromatic nitrogens is 1. The Morgan fingerprint density at radius 3 is 2.14 bits per heavy atom. The maximum absolute atomic E-state index is 5.79. The van der Waals surface area contributed by atoms with Crippen molar-refractivity contribution in [3.63, 3.8) is 0 Å². The molecule has 0 aliphatic heterocycles. The molecule has 0 amide bonds. The molecule has 1 aromatic heterocycles. The van der Waals surface area contributed by atoms with Gasteiger partial charge in [-0.3, -0.25) is 4.99 Å². The van der Waals surface area contributed by atoms with Crippen molar-refractivity contribution in [2.75, 3.05) is 7.05 Å². The third-order valence-electron chi connectivity index (χ3n) is 4.57. The summed E-state index contributed by atoms with van der Waals surface area (Å²) < 4.78 is 11.4. The van der Waals surface area contributed by atoms with Crippen molar-refractivity contribution in [3.8, 4) is 0 Å². The van der Waals surface area contributed by atoms with Crippen molar-refractivity contribution in [2.45, 2.75) is 40.2 Å². The van der Waals surface area contributed by atoms with Crippen LogP contribution in [0.3, 0.4) is 0 Å². The second kappa shape index (κ2) is 10.4. The van der Waals surface area contributed by atoms with Crippen molar-refractivity contribution in [3.05, 3.63) is 88.6 Å². The molecule has 0 unspecified atom stereocenters. The molecule has 0 atom stereocenters. The normalized spacial score (nSPS) is 11.5. The Morgan fingerprint density at radius 2 is 1.52 bits per heavy atom. The second-order valence-electron chi connectivity index (χ2n) is 6.82. The van der Waals surface area contributed by atoms with Gasteiger partial charge in [0.2, 0.25) is 5.89 Å². The van der Waals surface area contributed by atoms with Gasteiger partial charge in [-0.2, -0.15) is 0 Å². The number of hydrogen-bond acceptors (Lipinski definition) is 4. The molecule has 0 spiro atoms. The second-order valence-corrected chi connectivity index (χ2v) is 6.82. The SMILES string of the molecule is CN=C(NCc1ccc(COCc2ccccc2)cc1)NCc1nc(C)c(C)o1. The summed E-state index contributed by atoms with van der Waals surface area (Å²) in [7, 11) is 1.74. The first-order chi connectivity index (χ1) is 14.1. The molecule has 0 saturated heterocycles. The van der Waals surface area contributed by atoms with Gasteiger partial charge in [0.15, 0.2) is 5.96 Å². The first-order valence-corrected chi connectivity index (χ1v) is 9.71. The Bertz CT molecular complexity index is 898. The number of rotatable bonds is 8. The fraction of sp³-hybridized carbons (Fsp3) is 0.304. The predicted octanol–water partition coefficient (Wildman–Crippen LogP) is 3.87. The number of benzene rings is 2. The Labute approximate surface area is 172 Å². The lowest BCUT2D eigenvalue weighted by molar-refractivity contribution is 0.107. The maximum Gasteiger partial charge on any atom is 0.214 e. The lowest BCUT2D eigenvalue weighted by atomic mass is 10.1. The summed E-state index contributed by atoms with van der Waals surface area (Å²) in [6.07, 6.45) is 0. The fourth-order valence-corrected chi connectivity index (χ4v) is 2.79. The topological polar surface area (TPSA) is 71.7 Å². The zero-order valence-corrected chi connectivity index (χ0v) is 17.2. The highest BCUT2D eigenvalue weighted by Crippen LogP contribution is 2.09. The van der Waals surface area contributed by atoms with E-state index < -0.39 is 0 Å². The molecule has 0 saturated carbocycles. The number of nitrogens with zero attached hydrogens (tertiary/aromatic N) is 2. The van der Waals surface area contributed by atoms with E-state index in [2.05, 4.69) is 57.0 Å². The largest absolute Gasteiger partial charge is 0.444 e. The van der Waals surface area contributed by atoms with E-state index in [9.17, 15) is 0 Å². The average Bonchev–Trinajstić information content (AvgIpc) is 3.07. The number of nitrogens with one attached hydrogen (secondary N) is 2. The average molecular weight is 393 g/mol. The van der Waals surface area contributed by atoms with E-state index in [1.165, 1.54) is 11.1 Å². The van der Waals surface area contributed by atoms with Gasteiger partial charge in [0.25, 0.3) is 0 Å². The maximum atomic E-state index is 5.79. The number of ether oxygens (including phenoxy) is 1. The Balaban J connectivity index is 1.41. The van der Waals surface area contributed by atoms with E-state index in [4.69, 9.17) is 9.15 Å². The van der Waals surface area contributed by atoms with Crippen LogP contribution in [0.2, 0.25) is 0 Å².